The van der Waals surface area contributed by atoms with E-state index in [1.165, 1.54) is 4.88 Å². The molecular formula is C14H22N6S2. The van der Waals surface area contributed by atoms with Crippen molar-refractivity contribution >= 4 is 28.6 Å². The topological polar surface area (TPSA) is 75.1 Å². The summed E-state index contributed by atoms with van der Waals surface area (Å²) in [6.45, 7) is 9.66. The molecule has 22 heavy (non-hydrogen) atoms. The molecule has 8 heteroatoms. The minimum atomic E-state index is 0.418. The molecule has 0 aliphatic heterocycles. The molecule has 0 fully saturated rings. The molecular weight excluding hydrogens is 316 g/mol. The maximum absolute atomic E-state index is 4.43. The summed E-state index contributed by atoms with van der Waals surface area (Å²) in [7, 11) is 1.76. The third-order valence-corrected chi connectivity index (χ3v) is 5.32. The number of hydrogen-bond donors (Lipinski definition) is 2. The lowest BCUT2D eigenvalue weighted by Gasteiger charge is -2.10. The van der Waals surface area contributed by atoms with Crippen LogP contribution in [0.15, 0.2) is 4.99 Å². The number of hydrogen-bond acceptors (Lipinski definition) is 6. The highest BCUT2D eigenvalue weighted by molar-refractivity contribution is 7.11. The second-order valence-corrected chi connectivity index (χ2v) is 7.59. The first-order chi connectivity index (χ1) is 10.5. The van der Waals surface area contributed by atoms with Crippen LogP contribution in [-0.4, -0.2) is 28.2 Å². The van der Waals surface area contributed by atoms with Crippen molar-refractivity contribution in [1.29, 1.82) is 0 Å². The van der Waals surface area contributed by atoms with Crippen molar-refractivity contribution in [3.63, 3.8) is 0 Å². The van der Waals surface area contributed by atoms with Gasteiger partial charge in [-0.3, -0.25) is 4.99 Å². The number of rotatable bonds is 5. The molecule has 0 radical (unpaired) electrons. The molecule has 0 aromatic carbocycles. The van der Waals surface area contributed by atoms with E-state index in [2.05, 4.69) is 44.7 Å². The molecule has 2 aromatic rings. The van der Waals surface area contributed by atoms with Crippen molar-refractivity contribution in [2.45, 2.75) is 46.7 Å². The van der Waals surface area contributed by atoms with Gasteiger partial charge in [0, 0.05) is 17.8 Å². The second-order valence-electron chi connectivity index (χ2n) is 5.21. The maximum atomic E-state index is 4.43. The molecule has 0 aliphatic rings. The summed E-state index contributed by atoms with van der Waals surface area (Å²) in [5.74, 6) is 1.17. The van der Waals surface area contributed by atoms with E-state index in [1.54, 1.807) is 29.7 Å². The Morgan fingerprint density at radius 2 is 1.86 bits per heavy atom. The fourth-order valence-corrected chi connectivity index (χ4v) is 3.51. The van der Waals surface area contributed by atoms with Crippen molar-refractivity contribution < 1.29 is 0 Å². The number of thiazole rings is 1. The van der Waals surface area contributed by atoms with Gasteiger partial charge < -0.3 is 10.6 Å². The molecule has 2 rings (SSSR count). The molecule has 0 unspecified atom stereocenters. The van der Waals surface area contributed by atoms with Crippen LogP contribution in [-0.2, 0) is 13.1 Å². The molecule has 0 bridgehead atoms. The van der Waals surface area contributed by atoms with E-state index >= 15 is 0 Å². The summed E-state index contributed by atoms with van der Waals surface area (Å²) in [4.78, 5) is 9.90. The molecule has 0 aliphatic carbocycles. The largest absolute Gasteiger partial charge is 0.351 e. The van der Waals surface area contributed by atoms with Crippen molar-refractivity contribution in [1.82, 2.24) is 25.8 Å². The molecule has 0 amide bonds. The number of aryl methyl sites for hydroxylation is 2. The monoisotopic (exact) mass is 338 g/mol. The number of guanidine groups is 1. The predicted molar refractivity (Wildman–Crippen MR) is 92.6 cm³/mol. The van der Waals surface area contributed by atoms with E-state index in [1.807, 2.05) is 13.8 Å². The van der Waals surface area contributed by atoms with Crippen molar-refractivity contribution in [3.8, 4) is 0 Å². The van der Waals surface area contributed by atoms with Gasteiger partial charge in [0.1, 0.15) is 10.0 Å². The highest BCUT2D eigenvalue weighted by Gasteiger charge is 2.09. The average Bonchev–Trinajstić information content (AvgIpc) is 3.06. The Morgan fingerprint density at radius 1 is 1.14 bits per heavy atom. The van der Waals surface area contributed by atoms with Gasteiger partial charge in [0.15, 0.2) is 5.96 Å². The summed E-state index contributed by atoms with van der Waals surface area (Å²) in [5.41, 5.74) is 1.08. The summed E-state index contributed by atoms with van der Waals surface area (Å²) in [6.07, 6.45) is 0. The van der Waals surface area contributed by atoms with Gasteiger partial charge in [0.05, 0.1) is 23.8 Å². The Labute approximate surface area is 139 Å². The van der Waals surface area contributed by atoms with Gasteiger partial charge in [0.2, 0.25) is 0 Å². The van der Waals surface area contributed by atoms with Crippen LogP contribution in [0, 0.1) is 13.8 Å². The SMILES string of the molecule is CN=C(NCc1nnc(C(C)C)s1)NCc1sc(C)nc1C. The van der Waals surface area contributed by atoms with E-state index in [0.717, 1.165) is 33.2 Å². The van der Waals surface area contributed by atoms with Gasteiger partial charge in [-0.25, -0.2) is 4.98 Å². The van der Waals surface area contributed by atoms with E-state index in [0.29, 0.717) is 12.5 Å². The van der Waals surface area contributed by atoms with Gasteiger partial charge in [-0.05, 0) is 13.8 Å². The van der Waals surface area contributed by atoms with Crippen LogP contribution < -0.4 is 10.6 Å². The van der Waals surface area contributed by atoms with Crippen LogP contribution in [0.1, 0.15) is 45.4 Å². The zero-order valence-electron chi connectivity index (χ0n) is 13.6. The first kappa shape index (κ1) is 16.8. The van der Waals surface area contributed by atoms with Crippen LogP contribution in [0.5, 0.6) is 0 Å². The zero-order chi connectivity index (χ0) is 16.1. The molecule has 0 saturated heterocycles. The van der Waals surface area contributed by atoms with E-state index in [-0.39, 0.29) is 0 Å². The van der Waals surface area contributed by atoms with Gasteiger partial charge in [-0.15, -0.1) is 21.5 Å². The summed E-state index contributed by atoms with van der Waals surface area (Å²) in [5, 5.41) is 18.1. The maximum Gasteiger partial charge on any atom is 0.191 e. The molecule has 0 spiro atoms. The van der Waals surface area contributed by atoms with Crippen molar-refractivity contribution in [3.05, 3.63) is 25.6 Å². The average molecular weight is 339 g/mol. The second kappa shape index (κ2) is 7.64. The number of nitrogens with zero attached hydrogens (tertiary/aromatic N) is 4. The number of aromatic nitrogens is 3. The lowest BCUT2D eigenvalue weighted by molar-refractivity contribution is 0.785. The number of aliphatic imine (C=N–C) groups is 1. The third kappa shape index (κ3) is 4.48. The molecule has 0 atom stereocenters. The van der Waals surface area contributed by atoms with Crippen LogP contribution in [0.3, 0.4) is 0 Å². The lowest BCUT2D eigenvalue weighted by Crippen LogP contribution is -2.36. The first-order valence-corrected chi connectivity index (χ1v) is 8.82. The Kier molecular flexibility index (Phi) is 5.84. The predicted octanol–water partition coefficient (Wildman–Crippen LogP) is 2.60. The first-order valence-electron chi connectivity index (χ1n) is 7.19. The molecule has 120 valence electrons. The van der Waals surface area contributed by atoms with Crippen LogP contribution in [0.4, 0.5) is 0 Å². The molecule has 2 heterocycles. The highest BCUT2D eigenvalue weighted by Crippen LogP contribution is 2.19. The zero-order valence-corrected chi connectivity index (χ0v) is 15.2. The summed E-state index contributed by atoms with van der Waals surface area (Å²) < 4.78 is 0. The van der Waals surface area contributed by atoms with E-state index in [9.17, 15) is 0 Å². The van der Waals surface area contributed by atoms with Crippen LogP contribution in [0.2, 0.25) is 0 Å². The lowest BCUT2D eigenvalue weighted by atomic mass is 10.2. The Hall–Kier alpha value is -1.54. The van der Waals surface area contributed by atoms with Crippen molar-refractivity contribution in [2.75, 3.05) is 7.05 Å². The summed E-state index contributed by atoms with van der Waals surface area (Å²) >= 11 is 3.35. The fourth-order valence-electron chi connectivity index (χ4n) is 1.85. The van der Waals surface area contributed by atoms with Crippen LogP contribution >= 0.6 is 22.7 Å². The van der Waals surface area contributed by atoms with E-state index < -0.39 is 0 Å². The minimum absolute atomic E-state index is 0.418. The molecule has 2 aromatic heterocycles. The fraction of sp³-hybridized carbons (Fsp3) is 0.571. The minimum Gasteiger partial charge on any atom is -0.351 e. The van der Waals surface area contributed by atoms with Gasteiger partial charge in [0.25, 0.3) is 0 Å². The van der Waals surface area contributed by atoms with Crippen molar-refractivity contribution in [2.24, 2.45) is 4.99 Å². The van der Waals surface area contributed by atoms with Gasteiger partial charge in [-0.1, -0.05) is 25.2 Å². The Bertz CT molecular complexity index is 644. The molecule has 0 saturated carbocycles. The highest BCUT2D eigenvalue weighted by atomic mass is 32.1. The van der Waals surface area contributed by atoms with Gasteiger partial charge in [-0.2, -0.15) is 0 Å². The number of nitrogens with one attached hydrogen (secondary N) is 2. The Morgan fingerprint density at radius 3 is 2.41 bits per heavy atom. The van der Waals surface area contributed by atoms with Gasteiger partial charge >= 0.3 is 0 Å². The quantitative estimate of drug-likeness (QED) is 0.647. The standard InChI is InChI=1S/C14H22N6S2/c1-8(2)13-20-19-12(22-13)7-17-14(15-5)16-6-11-9(3)18-10(4)21-11/h8H,6-7H2,1-5H3,(H2,15,16,17). The van der Waals surface area contributed by atoms with E-state index in [4.69, 9.17) is 0 Å². The molecule has 6 nitrogen and oxygen atoms in total. The normalized spacial score (nSPS) is 12.0. The van der Waals surface area contributed by atoms with Crippen LogP contribution in [0.25, 0.3) is 0 Å². The smallest absolute Gasteiger partial charge is 0.191 e. The molecule has 2 N–H and O–H groups in total. The third-order valence-electron chi connectivity index (χ3n) is 3.02. The summed E-state index contributed by atoms with van der Waals surface area (Å²) in [6, 6.07) is 0. The Balaban J connectivity index is 1.86.